The van der Waals surface area contributed by atoms with E-state index in [1.807, 2.05) is 0 Å². The molecular weight excluding hydrogens is 476 g/mol. The van der Waals surface area contributed by atoms with Gasteiger partial charge in [-0.05, 0) is 56.0 Å². The fraction of sp³-hybridized carbons (Fsp3) is 0.600. The van der Waals surface area contributed by atoms with Gasteiger partial charge in [0, 0.05) is 57.7 Å². The van der Waals surface area contributed by atoms with E-state index in [1.165, 1.54) is 43.9 Å². The summed E-state index contributed by atoms with van der Waals surface area (Å²) in [4.78, 5) is 20.7. The summed E-state index contributed by atoms with van der Waals surface area (Å²) in [6, 6.07) is 13.0. The van der Waals surface area contributed by atoms with Gasteiger partial charge in [-0.25, -0.2) is 9.98 Å². The van der Waals surface area contributed by atoms with Gasteiger partial charge < -0.3 is 29.1 Å². The third-order valence-corrected chi connectivity index (χ3v) is 8.17. The van der Waals surface area contributed by atoms with Crippen molar-refractivity contribution in [1.29, 1.82) is 0 Å². The van der Waals surface area contributed by atoms with Gasteiger partial charge in [0.15, 0.2) is 0 Å². The molecule has 0 atom stereocenters. The minimum absolute atomic E-state index is 0.761. The lowest BCUT2D eigenvalue weighted by Gasteiger charge is -2.38. The number of hydrogen-bond donors (Lipinski definition) is 0. The molecule has 0 aromatic heterocycles. The molecule has 0 unspecified atom stereocenters. The van der Waals surface area contributed by atoms with Gasteiger partial charge in [0.05, 0.1) is 37.8 Å². The molecule has 8 nitrogen and oxygen atoms in total. The number of piperidine rings is 2. The van der Waals surface area contributed by atoms with Crippen molar-refractivity contribution in [3.05, 3.63) is 36.4 Å². The van der Waals surface area contributed by atoms with Crippen molar-refractivity contribution < 1.29 is 9.47 Å². The van der Waals surface area contributed by atoms with E-state index in [4.69, 9.17) is 19.5 Å². The van der Waals surface area contributed by atoms with Crippen LogP contribution in [0, 0.1) is 0 Å². The van der Waals surface area contributed by atoms with E-state index in [0.717, 1.165) is 107 Å². The quantitative estimate of drug-likeness (QED) is 0.433. The Morgan fingerprint density at radius 2 is 0.895 bits per heavy atom. The Morgan fingerprint density at radius 3 is 1.32 bits per heavy atom. The zero-order chi connectivity index (χ0) is 25.6. The summed E-state index contributed by atoms with van der Waals surface area (Å²) in [5.74, 6) is 2.20. The van der Waals surface area contributed by atoms with Crippen molar-refractivity contribution in [3.63, 3.8) is 0 Å². The fourth-order valence-electron chi connectivity index (χ4n) is 6.10. The number of morpholine rings is 2. The normalized spacial score (nSPS) is 22.3. The summed E-state index contributed by atoms with van der Waals surface area (Å²) in [6.45, 7) is 10.9. The number of likely N-dealkylation sites (tertiary alicyclic amines) is 2. The topological polar surface area (TPSA) is 56.1 Å². The van der Waals surface area contributed by atoms with Crippen LogP contribution in [0.15, 0.2) is 46.4 Å². The van der Waals surface area contributed by atoms with Gasteiger partial charge >= 0.3 is 0 Å². The second kappa shape index (κ2) is 12.3. The number of aliphatic imine (C=N–C) groups is 2. The van der Waals surface area contributed by atoms with Crippen LogP contribution in [0.2, 0.25) is 0 Å². The van der Waals surface area contributed by atoms with Crippen LogP contribution in [-0.2, 0) is 9.47 Å². The summed E-state index contributed by atoms with van der Waals surface area (Å²) < 4.78 is 11.4. The van der Waals surface area contributed by atoms with Gasteiger partial charge in [0.1, 0.15) is 0 Å². The Morgan fingerprint density at radius 1 is 0.500 bits per heavy atom. The van der Waals surface area contributed by atoms with Gasteiger partial charge in [-0.3, -0.25) is 0 Å². The smallest absolute Gasteiger partial charge is 0.202 e. The SMILES string of the molecule is c1cc(N=C(N2CCCCC2)N2CCOCC2)c2c(N=C(N3CCCCC3)N3CCOCC3)cccc2c1. The minimum Gasteiger partial charge on any atom is -0.378 e. The summed E-state index contributed by atoms with van der Waals surface area (Å²) in [5, 5.41) is 2.33. The third-order valence-electron chi connectivity index (χ3n) is 8.17. The molecular formula is C30H42N6O2. The molecule has 0 N–H and O–H groups in total. The molecule has 8 heteroatoms. The first-order valence-corrected chi connectivity index (χ1v) is 14.7. The highest BCUT2D eigenvalue weighted by atomic mass is 16.5. The molecule has 4 aliphatic rings. The van der Waals surface area contributed by atoms with Crippen LogP contribution >= 0.6 is 0 Å². The lowest BCUT2D eigenvalue weighted by molar-refractivity contribution is 0.0614. The highest BCUT2D eigenvalue weighted by molar-refractivity contribution is 6.04. The van der Waals surface area contributed by atoms with Crippen LogP contribution in [0.3, 0.4) is 0 Å². The van der Waals surface area contributed by atoms with Crippen LogP contribution in [-0.4, -0.2) is 110 Å². The Kier molecular flexibility index (Phi) is 8.26. The van der Waals surface area contributed by atoms with Crippen molar-refractivity contribution in [1.82, 2.24) is 19.6 Å². The molecule has 38 heavy (non-hydrogen) atoms. The van der Waals surface area contributed by atoms with Crippen molar-refractivity contribution in [2.45, 2.75) is 38.5 Å². The maximum absolute atomic E-state index is 5.68. The fourth-order valence-corrected chi connectivity index (χ4v) is 6.10. The molecule has 2 aromatic carbocycles. The first-order valence-electron chi connectivity index (χ1n) is 14.7. The summed E-state index contributed by atoms with van der Waals surface area (Å²) in [7, 11) is 0. The van der Waals surface area contributed by atoms with E-state index < -0.39 is 0 Å². The predicted molar refractivity (Wildman–Crippen MR) is 154 cm³/mol. The first kappa shape index (κ1) is 25.4. The Hall–Kier alpha value is -2.84. The first-order chi connectivity index (χ1) is 18.9. The third kappa shape index (κ3) is 5.76. The van der Waals surface area contributed by atoms with Gasteiger partial charge in [-0.1, -0.05) is 24.3 Å². The maximum atomic E-state index is 5.68. The molecule has 6 rings (SSSR count). The minimum atomic E-state index is 0.761. The Balaban J connectivity index is 1.44. The molecule has 0 saturated carbocycles. The van der Waals surface area contributed by atoms with Crippen molar-refractivity contribution in [2.24, 2.45) is 9.98 Å². The molecule has 4 aliphatic heterocycles. The van der Waals surface area contributed by atoms with Crippen LogP contribution in [0.5, 0.6) is 0 Å². The lowest BCUT2D eigenvalue weighted by atomic mass is 10.1. The molecule has 4 saturated heterocycles. The highest BCUT2D eigenvalue weighted by Crippen LogP contribution is 2.36. The van der Waals surface area contributed by atoms with Gasteiger partial charge in [0.2, 0.25) is 11.9 Å². The molecule has 0 amide bonds. The van der Waals surface area contributed by atoms with Crippen LogP contribution in [0.1, 0.15) is 38.5 Å². The molecule has 0 bridgehead atoms. The van der Waals surface area contributed by atoms with E-state index in [9.17, 15) is 0 Å². The molecule has 2 aromatic rings. The number of fused-ring (bicyclic) bond motifs is 1. The number of nitrogens with zero attached hydrogens (tertiary/aromatic N) is 6. The van der Waals surface area contributed by atoms with E-state index in [2.05, 4.69) is 56.0 Å². The number of benzene rings is 2. The van der Waals surface area contributed by atoms with Crippen LogP contribution in [0.25, 0.3) is 10.8 Å². The average Bonchev–Trinajstić information content (AvgIpc) is 3.00. The molecule has 204 valence electrons. The average molecular weight is 519 g/mol. The number of ether oxygens (including phenoxy) is 2. The Bertz CT molecular complexity index is 1000. The monoisotopic (exact) mass is 518 g/mol. The zero-order valence-electron chi connectivity index (χ0n) is 22.7. The molecule has 0 radical (unpaired) electrons. The Labute approximate surface area is 226 Å². The van der Waals surface area contributed by atoms with Gasteiger partial charge in [-0.15, -0.1) is 0 Å². The molecule has 4 fully saturated rings. The summed E-state index contributed by atoms with van der Waals surface area (Å²) >= 11 is 0. The van der Waals surface area contributed by atoms with Crippen molar-refractivity contribution in [3.8, 4) is 0 Å². The largest absolute Gasteiger partial charge is 0.378 e. The van der Waals surface area contributed by atoms with E-state index in [1.54, 1.807) is 0 Å². The van der Waals surface area contributed by atoms with Crippen LogP contribution in [0.4, 0.5) is 11.4 Å². The predicted octanol–water partition coefficient (Wildman–Crippen LogP) is 4.45. The summed E-state index contributed by atoms with van der Waals surface area (Å²) in [5.41, 5.74) is 2.02. The van der Waals surface area contributed by atoms with E-state index in [-0.39, 0.29) is 0 Å². The highest BCUT2D eigenvalue weighted by Gasteiger charge is 2.25. The van der Waals surface area contributed by atoms with Gasteiger partial charge in [-0.2, -0.15) is 0 Å². The second-order valence-electron chi connectivity index (χ2n) is 10.8. The number of guanidine groups is 2. The van der Waals surface area contributed by atoms with Crippen molar-refractivity contribution in [2.75, 3.05) is 78.8 Å². The standard InChI is InChI=1S/C30H42N6O2/c1-3-13-33(14-4-1)29(35-17-21-37-22-18-35)31-26-11-7-9-25-10-8-12-27(28(25)26)32-30(34-15-5-2-6-16-34)36-19-23-38-24-20-36/h7-12H,1-6,13-24H2. The van der Waals surface area contributed by atoms with E-state index in [0.29, 0.717) is 0 Å². The van der Waals surface area contributed by atoms with Crippen molar-refractivity contribution >= 4 is 34.1 Å². The maximum Gasteiger partial charge on any atom is 0.202 e. The second-order valence-corrected chi connectivity index (χ2v) is 10.8. The summed E-state index contributed by atoms with van der Waals surface area (Å²) in [6.07, 6.45) is 7.53. The molecule has 0 aliphatic carbocycles. The number of hydrogen-bond acceptors (Lipinski definition) is 4. The van der Waals surface area contributed by atoms with Crippen LogP contribution < -0.4 is 0 Å². The number of rotatable bonds is 2. The molecule has 0 spiro atoms. The molecule has 4 heterocycles. The van der Waals surface area contributed by atoms with Gasteiger partial charge in [0.25, 0.3) is 0 Å². The van der Waals surface area contributed by atoms with E-state index >= 15 is 0 Å². The lowest BCUT2D eigenvalue weighted by Crippen LogP contribution is -2.50. The zero-order valence-corrected chi connectivity index (χ0v) is 22.7.